The number of pyridine rings is 1. The van der Waals surface area contributed by atoms with Crippen molar-refractivity contribution in [3.63, 3.8) is 0 Å². The lowest BCUT2D eigenvalue weighted by Crippen LogP contribution is -2.26. The van der Waals surface area contributed by atoms with Crippen molar-refractivity contribution < 1.29 is 4.79 Å². The molecule has 1 amide bonds. The van der Waals surface area contributed by atoms with Crippen molar-refractivity contribution in [2.75, 3.05) is 5.32 Å². The Bertz CT molecular complexity index is 1000. The standard InChI is InChI=1S/C17H15N3O2S/c1-8-3-4-10-6-12(16(22)18-13(10)5-8)11-7-14(21)19-17-15(11)9(2)20-23-17/h3-6,11H,7H2,1-2H3,(H,18,22)(H,19,21)/t11-/m0/s1. The molecule has 0 spiro atoms. The number of nitrogens with one attached hydrogen (secondary N) is 2. The third-order valence-corrected chi connectivity index (χ3v) is 5.17. The van der Waals surface area contributed by atoms with Gasteiger partial charge < -0.3 is 10.3 Å². The predicted molar refractivity (Wildman–Crippen MR) is 91.2 cm³/mol. The van der Waals surface area contributed by atoms with E-state index in [0.29, 0.717) is 5.56 Å². The van der Waals surface area contributed by atoms with E-state index in [1.54, 1.807) is 0 Å². The van der Waals surface area contributed by atoms with Crippen LogP contribution in [0.15, 0.2) is 29.1 Å². The predicted octanol–water partition coefficient (Wildman–Crippen LogP) is 3.08. The topological polar surface area (TPSA) is 74.8 Å². The first kappa shape index (κ1) is 14.1. The van der Waals surface area contributed by atoms with Crippen molar-refractivity contribution in [2.24, 2.45) is 0 Å². The van der Waals surface area contributed by atoms with E-state index < -0.39 is 0 Å². The Labute approximate surface area is 136 Å². The highest BCUT2D eigenvalue weighted by Crippen LogP contribution is 2.40. The van der Waals surface area contributed by atoms with Gasteiger partial charge in [0.2, 0.25) is 5.91 Å². The van der Waals surface area contributed by atoms with Crippen LogP contribution in [0.25, 0.3) is 10.9 Å². The van der Waals surface area contributed by atoms with Crippen LogP contribution in [0.5, 0.6) is 0 Å². The van der Waals surface area contributed by atoms with Gasteiger partial charge >= 0.3 is 0 Å². The lowest BCUT2D eigenvalue weighted by Gasteiger charge is -2.22. The summed E-state index contributed by atoms with van der Waals surface area (Å²) in [5.74, 6) is -0.318. The van der Waals surface area contributed by atoms with Crippen LogP contribution in [0.1, 0.15) is 34.7 Å². The fourth-order valence-electron chi connectivity index (χ4n) is 3.20. The Morgan fingerprint density at radius 1 is 1.22 bits per heavy atom. The fraction of sp³-hybridized carbons (Fsp3) is 0.235. The molecule has 0 aliphatic carbocycles. The van der Waals surface area contributed by atoms with E-state index in [-0.39, 0.29) is 23.8 Å². The second-order valence-electron chi connectivity index (χ2n) is 5.96. The number of aryl methyl sites for hydroxylation is 2. The number of carbonyl (C=O) groups excluding carboxylic acids is 1. The number of benzene rings is 1. The largest absolute Gasteiger partial charge is 0.322 e. The molecule has 0 fully saturated rings. The summed E-state index contributed by atoms with van der Waals surface area (Å²) < 4.78 is 4.33. The molecular weight excluding hydrogens is 310 g/mol. The van der Waals surface area contributed by atoms with Gasteiger partial charge in [-0.25, -0.2) is 0 Å². The van der Waals surface area contributed by atoms with E-state index in [1.165, 1.54) is 11.5 Å². The average Bonchev–Trinajstić information content (AvgIpc) is 2.87. The van der Waals surface area contributed by atoms with Crippen LogP contribution in [0.4, 0.5) is 5.00 Å². The van der Waals surface area contributed by atoms with Crippen molar-refractivity contribution in [3.8, 4) is 0 Å². The highest BCUT2D eigenvalue weighted by molar-refractivity contribution is 7.10. The number of H-pyrrole nitrogens is 1. The SMILES string of the molecule is Cc1ccc2cc([C@@H]3CC(=O)Nc4snc(C)c43)c(=O)[nH]c2c1. The van der Waals surface area contributed by atoms with E-state index in [0.717, 1.165) is 32.7 Å². The molecule has 6 heteroatoms. The normalized spacial score (nSPS) is 17.1. The smallest absolute Gasteiger partial charge is 0.252 e. The molecule has 1 aliphatic rings. The highest BCUT2D eigenvalue weighted by atomic mass is 32.1. The number of carbonyl (C=O) groups is 1. The molecule has 2 aromatic heterocycles. The molecule has 5 nitrogen and oxygen atoms in total. The van der Waals surface area contributed by atoms with Gasteiger partial charge in [-0.05, 0) is 48.5 Å². The third kappa shape index (κ3) is 2.26. The van der Waals surface area contributed by atoms with Crippen LogP contribution < -0.4 is 10.9 Å². The van der Waals surface area contributed by atoms with Crippen LogP contribution in [0, 0.1) is 13.8 Å². The molecule has 0 radical (unpaired) electrons. The highest BCUT2D eigenvalue weighted by Gasteiger charge is 2.32. The van der Waals surface area contributed by atoms with Crippen molar-refractivity contribution >= 4 is 33.3 Å². The lowest BCUT2D eigenvalue weighted by molar-refractivity contribution is -0.116. The Morgan fingerprint density at radius 3 is 2.87 bits per heavy atom. The maximum absolute atomic E-state index is 12.6. The van der Waals surface area contributed by atoms with Crippen LogP contribution in [0.2, 0.25) is 0 Å². The Balaban J connectivity index is 1.94. The van der Waals surface area contributed by atoms with Gasteiger partial charge in [0.1, 0.15) is 5.00 Å². The first-order valence-electron chi connectivity index (χ1n) is 7.42. The molecule has 2 N–H and O–H groups in total. The number of hydrogen-bond acceptors (Lipinski definition) is 4. The quantitative estimate of drug-likeness (QED) is 0.722. The first-order chi connectivity index (χ1) is 11.0. The van der Waals surface area contributed by atoms with Gasteiger partial charge in [-0.15, -0.1) is 0 Å². The molecule has 0 unspecified atom stereocenters. The summed E-state index contributed by atoms with van der Waals surface area (Å²) in [6.45, 7) is 3.90. The Kier molecular flexibility index (Phi) is 3.09. The summed E-state index contributed by atoms with van der Waals surface area (Å²) in [7, 11) is 0. The minimum Gasteiger partial charge on any atom is -0.322 e. The van der Waals surface area contributed by atoms with Crippen LogP contribution in [0.3, 0.4) is 0 Å². The van der Waals surface area contributed by atoms with Crippen molar-refractivity contribution in [2.45, 2.75) is 26.2 Å². The number of rotatable bonds is 1. The number of amides is 1. The number of anilines is 1. The van der Waals surface area contributed by atoms with Crippen LogP contribution >= 0.6 is 11.5 Å². The number of hydrogen-bond donors (Lipinski definition) is 2. The minimum atomic E-state index is -0.244. The Morgan fingerprint density at radius 2 is 2.04 bits per heavy atom. The maximum atomic E-state index is 12.6. The second kappa shape index (κ2) is 5.03. The molecule has 3 aromatic rings. The summed E-state index contributed by atoms with van der Waals surface area (Å²) >= 11 is 1.27. The molecule has 4 rings (SSSR count). The maximum Gasteiger partial charge on any atom is 0.252 e. The zero-order chi connectivity index (χ0) is 16.1. The van der Waals surface area contributed by atoms with Gasteiger partial charge in [-0.1, -0.05) is 12.1 Å². The molecule has 1 aromatic carbocycles. The van der Waals surface area contributed by atoms with Gasteiger partial charge in [0.05, 0.1) is 5.69 Å². The van der Waals surface area contributed by atoms with Crippen LogP contribution in [-0.4, -0.2) is 15.3 Å². The fourth-order valence-corrected chi connectivity index (χ4v) is 4.07. The monoisotopic (exact) mass is 325 g/mol. The second-order valence-corrected chi connectivity index (χ2v) is 6.73. The van der Waals surface area contributed by atoms with Gasteiger partial charge in [-0.2, -0.15) is 4.37 Å². The first-order valence-corrected chi connectivity index (χ1v) is 8.20. The molecule has 116 valence electrons. The van der Waals surface area contributed by atoms with E-state index in [4.69, 9.17) is 0 Å². The summed E-state index contributed by atoms with van der Waals surface area (Å²) in [5, 5.41) is 4.58. The van der Waals surface area contributed by atoms with E-state index in [1.807, 2.05) is 38.1 Å². The molecule has 3 heterocycles. The molecule has 1 aliphatic heterocycles. The zero-order valence-corrected chi connectivity index (χ0v) is 13.6. The average molecular weight is 325 g/mol. The van der Waals surface area contributed by atoms with E-state index in [9.17, 15) is 9.59 Å². The molecule has 0 saturated heterocycles. The molecular formula is C17H15N3O2S. The van der Waals surface area contributed by atoms with Crippen molar-refractivity contribution in [3.05, 3.63) is 57.0 Å². The summed E-state index contributed by atoms with van der Waals surface area (Å²) in [6, 6.07) is 7.86. The lowest BCUT2D eigenvalue weighted by atomic mass is 9.86. The molecule has 23 heavy (non-hydrogen) atoms. The minimum absolute atomic E-state index is 0.0745. The Hall–Kier alpha value is -2.47. The number of aromatic nitrogens is 2. The summed E-state index contributed by atoms with van der Waals surface area (Å²) in [6.07, 6.45) is 0.271. The van der Waals surface area contributed by atoms with Gasteiger partial charge in [0.15, 0.2) is 0 Å². The van der Waals surface area contributed by atoms with Crippen molar-refractivity contribution in [1.29, 1.82) is 0 Å². The van der Waals surface area contributed by atoms with Gasteiger partial charge in [0, 0.05) is 29.0 Å². The number of aromatic amines is 1. The number of fused-ring (bicyclic) bond motifs is 2. The number of nitrogens with zero attached hydrogens (tertiary/aromatic N) is 1. The van der Waals surface area contributed by atoms with Gasteiger partial charge in [-0.3, -0.25) is 9.59 Å². The molecule has 0 bridgehead atoms. The molecule has 0 saturated carbocycles. The molecule has 1 atom stereocenters. The zero-order valence-electron chi connectivity index (χ0n) is 12.8. The summed E-state index contributed by atoms with van der Waals surface area (Å²) in [5.41, 5.74) is 4.24. The van der Waals surface area contributed by atoms with Gasteiger partial charge in [0.25, 0.3) is 5.56 Å². The van der Waals surface area contributed by atoms with Crippen molar-refractivity contribution in [1.82, 2.24) is 9.36 Å². The van der Waals surface area contributed by atoms with Crippen LogP contribution in [-0.2, 0) is 4.79 Å². The summed E-state index contributed by atoms with van der Waals surface area (Å²) in [4.78, 5) is 27.5. The van der Waals surface area contributed by atoms with E-state index >= 15 is 0 Å². The van der Waals surface area contributed by atoms with E-state index in [2.05, 4.69) is 14.7 Å². The third-order valence-electron chi connectivity index (χ3n) is 4.30.